The smallest absolute Gasteiger partial charge is 0.270 e. The highest BCUT2D eigenvalue weighted by molar-refractivity contribution is 6.23. The number of hydrogen-bond donors (Lipinski definition) is 0. The van der Waals surface area contributed by atoms with Crippen LogP contribution in [0.1, 0.15) is 18.9 Å². The number of hydrogen-bond acceptors (Lipinski definition) is 5. The minimum Gasteiger partial charge on any atom is -0.270 e. The summed E-state index contributed by atoms with van der Waals surface area (Å²) < 4.78 is 1.95. The lowest BCUT2D eigenvalue weighted by atomic mass is 10.1. The van der Waals surface area contributed by atoms with Gasteiger partial charge in [0.2, 0.25) is 11.9 Å². The number of benzene rings is 1. The summed E-state index contributed by atoms with van der Waals surface area (Å²) in [6.45, 7) is 3.18. The number of aryl methyl sites for hydroxylation is 1. The molecule has 4 rings (SSSR count). The van der Waals surface area contributed by atoms with E-state index in [4.69, 9.17) is 0 Å². The molecule has 3 heterocycles. The Labute approximate surface area is 158 Å². The van der Waals surface area contributed by atoms with Gasteiger partial charge in [-0.05, 0) is 25.3 Å². The van der Waals surface area contributed by atoms with E-state index in [0.29, 0.717) is 24.9 Å². The van der Waals surface area contributed by atoms with Gasteiger partial charge in [0.25, 0.3) is 5.91 Å². The maximum Gasteiger partial charge on any atom is 0.416 e. The van der Waals surface area contributed by atoms with E-state index in [2.05, 4.69) is 22.2 Å². The number of nitrogens with zero attached hydrogens (tertiary/aromatic N) is 6. The van der Waals surface area contributed by atoms with Gasteiger partial charge >= 0.3 is 12.0 Å². The lowest BCUT2D eigenvalue weighted by Crippen LogP contribution is -2.62. The van der Waals surface area contributed by atoms with Crippen LogP contribution in [0, 0.1) is 0 Å². The molecule has 0 spiro atoms. The van der Waals surface area contributed by atoms with Gasteiger partial charge in [-0.2, -0.15) is 0 Å². The van der Waals surface area contributed by atoms with Gasteiger partial charge in [-0.25, -0.2) is 9.37 Å². The van der Waals surface area contributed by atoms with E-state index in [0.717, 1.165) is 23.5 Å². The van der Waals surface area contributed by atoms with Crippen LogP contribution >= 0.6 is 0 Å². The van der Waals surface area contributed by atoms with Crippen molar-refractivity contribution >= 4 is 29.4 Å². The Kier molecular flexibility index (Phi) is 4.25. The second kappa shape index (κ2) is 6.61. The SMILES string of the molecule is CC1=NN(CCCc2ccccc2)C2=[N+](C1)C1C(=O)N(C)C(=O)N(C)C1=N2. The average molecular weight is 367 g/mol. The van der Waals surface area contributed by atoms with Gasteiger partial charge in [0, 0.05) is 14.1 Å². The first-order valence-electron chi connectivity index (χ1n) is 9.10. The third-order valence-electron chi connectivity index (χ3n) is 5.11. The van der Waals surface area contributed by atoms with E-state index in [1.54, 1.807) is 7.05 Å². The Balaban J connectivity index is 1.56. The Morgan fingerprint density at radius 3 is 2.63 bits per heavy atom. The van der Waals surface area contributed by atoms with Crippen molar-refractivity contribution in [3.63, 3.8) is 0 Å². The highest BCUT2D eigenvalue weighted by Gasteiger charge is 2.53. The Morgan fingerprint density at radius 2 is 1.89 bits per heavy atom. The number of rotatable bonds is 4. The second-order valence-corrected chi connectivity index (χ2v) is 7.09. The minimum atomic E-state index is -0.560. The molecule has 3 aliphatic rings. The zero-order valence-corrected chi connectivity index (χ0v) is 15.8. The third kappa shape index (κ3) is 2.90. The molecule has 0 aliphatic carbocycles. The molecule has 1 atom stereocenters. The van der Waals surface area contributed by atoms with Crippen LogP contribution in [0.5, 0.6) is 0 Å². The van der Waals surface area contributed by atoms with Gasteiger partial charge in [0.15, 0.2) is 0 Å². The standard InChI is InChI=1S/C19H23N6O2/c1-13-12-24-15-16(22(2)19(27)23(3)17(15)26)20-18(24)25(21-13)11-7-10-14-8-5-4-6-9-14/h4-6,8-9,15H,7,10-12H2,1-3H3/q+1. The topological polar surface area (TPSA) is 71.6 Å². The van der Waals surface area contributed by atoms with Crippen LogP contribution in [0.2, 0.25) is 0 Å². The van der Waals surface area contributed by atoms with E-state index >= 15 is 0 Å². The highest BCUT2D eigenvalue weighted by Crippen LogP contribution is 2.22. The lowest BCUT2D eigenvalue weighted by molar-refractivity contribution is -0.527. The number of amides is 3. The summed E-state index contributed by atoms with van der Waals surface area (Å²) in [4.78, 5) is 32.2. The average Bonchev–Trinajstić information content (AvgIpc) is 3.05. The molecule has 1 unspecified atom stereocenters. The van der Waals surface area contributed by atoms with Crippen LogP contribution < -0.4 is 0 Å². The van der Waals surface area contributed by atoms with Crippen molar-refractivity contribution in [1.82, 2.24) is 14.8 Å². The van der Waals surface area contributed by atoms with Crippen molar-refractivity contribution in [3.8, 4) is 0 Å². The molecular formula is C19H23N6O2+. The monoisotopic (exact) mass is 367 g/mol. The fourth-order valence-electron chi connectivity index (χ4n) is 3.71. The number of aliphatic imine (C=N–C) groups is 1. The molecule has 27 heavy (non-hydrogen) atoms. The fraction of sp³-hybridized carbons (Fsp3) is 0.421. The predicted octanol–water partition coefficient (Wildman–Crippen LogP) is 0.984. The van der Waals surface area contributed by atoms with Crippen LogP contribution in [0.3, 0.4) is 0 Å². The number of guanidine groups is 1. The van der Waals surface area contributed by atoms with E-state index in [-0.39, 0.29) is 11.9 Å². The fourth-order valence-corrected chi connectivity index (χ4v) is 3.71. The van der Waals surface area contributed by atoms with Crippen LogP contribution in [-0.4, -0.2) is 82.1 Å². The summed E-state index contributed by atoms with van der Waals surface area (Å²) in [6, 6.07) is 9.40. The molecule has 0 radical (unpaired) electrons. The molecule has 8 nitrogen and oxygen atoms in total. The van der Waals surface area contributed by atoms with Crippen molar-refractivity contribution < 1.29 is 14.2 Å². The van der Waals surface area contributed by atoms with E-state index in [1.165, 1.54) is 17.5 Å². The number of urea groups is 1. The van der Waals surface area contributed by atoms with E-state index < -0.39 is 6.04 Å². The van der Waals surface area contributed by atoms with Crippen LogP contribution in [0.25, 0.3) is 0 Å². The van der Waals surface area contributed by atoms with Crippen LogP contribution in [-0.2, 0) is 11.2 Å². The van der Waals surface area contributed by atoms with Gasteiger partial charge in [-0.1, -0.05) is 35.3 Å². The second-order valence-electron chi connectivity index (χ2n) is 7.09. The molecule has 1 fully saturated rings. The molecule has 3 amide bonds. The van der Waals surface area contributed by atoms with Gasteiger partial charge in [-0.15, -0.1) is 10.1 Å². The maximum atomic E-state index is 12.7. The van der Waals surface area contributed by atoms with Gasteiger partial charge in [0.05, 0.1) is 12.3 Å². The van der Waals surface area contributed by atoms with E-state index in [9.17, 15) is 9.59 Å². The van der Waals surface area contributed by atoms with Gasteiger partial charge in [0.1, 0.15) is 6.54 Å². The summed E-state index contributed by atoms with van der Waals surface area (Å²) in [6.07, 6.45) is 1.86. The zero-order valence-electron chi connectivity index (χ0n) is 15.8. The first-order chi connectivity index (χ1) is 13.0. The number of likely N-dealkylation sites (N-methyl/N-ethyl adjacent to an activating group) is 2. The number of amidine groups is 1. The zero-order chi connectivity index (χ0) is 19.1. The largest absolute Gasteiger partial charge is 0.416 e. The summed E-state index contributed by atoms with van der Waals surface area (Å²) in [5.41, 5.74) is 2.20. The molecule has 1 aromatic rings. The first-order valence-corrected chi connectivity index (χ1v) is 9.10. The Hall–Kier alpha value is -3.03. The molecule has 3 aliphatic heterocycles. The highest BCUT2D eigenvalue weighted by atomic mass is 16.2. The van der Waals surface area contributed by atoms with Crippen molar-refractivity contribution in [2.24, 2.45) is 10.1 Å². The number of fused-ring (bicyclic) bond motifs is 2. The summed E-state index contributed by atoms with van der Waals surface area (Å²) in [5, 5.41) is 6.50. The summed E-state index contributed by atoms with van der Waals surface area (Å²) >= 11 is 0. The molecule has 0 saturated carbocycles. The quantitative estimate of drug-likeness (QED) is 0.745. The Morgan fingerprint density at radius 1 is 1.15 bits per heavy atom. The van der Waals surface area contributed by atoms with Crippen LogP contribution in [0.15, 0.2) is 40.4 Å². The van der Waals surface area contributed by atoms with Crippen molar-refractivity contribution in [1.29, 1.82) is 0 Å². The number of hydrazone groups is 1. The Bertz CT molecular complexity index is 889. The minimum absolute atomic E-state index is 0.245. The first kappa shape index (κ1) is 17.4. The van der Waals surface area contributed by atoms with Crippen LogP contribution in [0.4, 0.5) is 4.79 Å². The molecule has 140 valence electrons. The molecular weight excluding hydrogens is 344 g/mol. The number of imide groups is 1. The number of carbonyl (C=O) groups is 2. The predicted molar refractivity (Wildman–Crippen MR) is 102 cm³/mol. The van der Waals surface area contributed by atoms with E-state index in [1.807, 2.05) is 34.7 Å². The van der Waals surface area contributed by atoms with Crippen molar-refractivity contribution in [2.75, 3.05) is 27.2 Å². The normalized spacial score (nSPS) is 22.0. The number of carbonyl (C=O) groups excluding carboxylic acids is 2. The summed E-state index contributed by atoms with van der Waals surface area (Å²) in [5.74, 6) is 0.888. The van der Waals surface area contributed by atoms with Gasteiger partial charge < -0.3 is 0 Å². The molecule has 0 N–H and O–H groups in total. The summed E-state index contributed by atoms with van der Waals surface area (Å²) in [7, 11) is 3.17. The third-order valence-corrected chi connectivity index (χ3v) is 5.11. The van der Waals surface area contributed by atoms with Crippen molar-refractivity contribution in [3.05, 3.63) is 35.9 Å². The molecule has 0 aromatic heterocycles. The molecule has 0 bridgehead atoms. The molecule has 1 aromatic carbocycles. The van der Waals surface area contributed by atoms with Crippen molar-refractivity contribution in [2.45, 2.75) is 25.8 Å². The lowest BCUT2D eigenvalue weighted by Gasteiger charge is -2.32. The molecule has 1 saturated heterocycles. The van der Waals surface area contributed by atoms with Gasteiger partial charge in [-0.3, -0.25) is 14.6 Å². The maximum absolute atomic E-state index is 12.7. The molecule has 8 heteroatoms.